The summed E-state index contributed by atoms with van der Waals surface area (Å²) in [5.74, 6) is -0.461. The molecule has 0 bridgehead atoms. The molecule has 0 aromatic rings. The first-order chi connectivity index (χ1) is 31.6. The molecule has 0 saturated heterocycles. The number of hydrogen-bond acceptors (Lipinski definition) is 5. The van der Waals surface area contributed by atoms with E-state index in [1.807, 2.05) is 0 Å². The van der Waals surface area contributed by atoms with Gasteiger partial charge in [0.1, 0.15) is 6.61 Å². The van der Waals surface area contributed by atoms with Crippen molar-refractivity contribution in [1.29, 1.82) is 0 Å². The maximum atomic E-state index is 12.8. The highest BCUT2D eigenvalue weighted by atomic mass is 16.6. The Balaban J connectivity index is 4.34. The van der Waals surface area contributed by atoms with E-state index in [1.54, 1.807) is 0 Å². The standard InChI is InChI=1S/C59H100O5/c1-4-7-10-13-16-19-22-25-27-29-31-33-36-39-42-45-48-51-54-62-55-57(64-59(61)53-50-47-44-41-38-34-24-21-18-15-12-9-6-3)56-63-58(60)52-49-46-43-40-37-35-32-30-28-26-23-20-17-14-11-8-5-2/h8-9,11-12,17-18,20-21,25-28,32,34-35,38,57H,4-7,10,13-16,19,22-24,29-31,33,36-37,39-56H2,1-3H3/b11-8-,12-9-,20-17-,21-18-,27-25-,28-26-,35-32-,38-34-. The van der Waals surface area contributed by atoms with Gasteiger partial charge >= 0.3 is 11.9 Å². The van der Waals surface area contributed by atoms with Crippen molar-refractivity contribution in [3.05, 3.63) is 97.2 Å². The summed E-state index contributed by atoms with van der Waals surface area (Å²) in [7, 11) is 0. The minimum Gasteiger partial charge on any atom is -0.462 e. The van der Waals surface area contributed by atoms with E-state index in [9.17, 15) is 9.59 Å². The Morgan fingerprint density at radius 1 is 0.359 bits per heavy atom. The first kappa shape index (κ1) is 60.8. The van der Waals surface area contributed by atoms with Crippen LogP contribution in [0, 0.1) is 0 Å². The molecule has 1 unspecified atom stereocenters. The van der Waals surface area contributed by atoms with Gasteiger partial charge in [-0.25, -0.2) is 0 Å². The van der Waals surface area contributed by atoms with Crippen LogP contribution < -0.4 is 0 Å². The zero-order valence-electron chi connectivity index (χ0n) is 42.0. The predicted octanol–water partition coefficient (Wildman–Crippen LogP) is 18.2. The normalized spacial score (nSPS) is 13.0. The number of allylic oxidation sites excluding steroid dienone is 16. The van der Waals surface area contributed by atoms with Crippen molar-refractivity contribution in [3.8, 4) is 0 Å². The maximum Gasteiger partial charge on any atom is 0.306 e. The number of unbranched alkanes of at least 4 members (excludes halogenated alkanes) is 21. The summed E-state index contributed by atoms with van der Waals surface area (Å²) in [6.07, 6.45) is 72.8. The van der Waals surface area contributed by atoms with E-state index >= 15 is 0 Å². The predicted molar refractivity (Wildman–Crippen MR) is 279 cm³/mol. The molecule has 0 aromatic heterocycles. The Morgan fingerprint density at radius 2 is 0.703 bits per heavy atom. The molecule has 0 aliphatic rings. The Kier molecular flexibility index (Phi) is 51.5. The lowest BCUT2D eigenvalue weighted by molar-refractivity contribution is -0.163. The first-order valence-electron chi connectivity index (χ1n) is 26.8. The first-order valence-corrected chi connectivity index (χ1v) is 26.8. The highest BCUT2D eigenvalue weighted by Crippen LogP contribution is 2.13. The van der Waals surface area contributed by atoms with Crippen LogP contribution in [0.5, 0.6) is 0 Å². The zero-order valence-corrected chi connectivity index (χ0v) is 42.0. The Labute approximate surface area is 396 Å². The minimum absolute atomic E-state index is 0.0550. The van der Waals surface area contributed by atoms with E-state index in [-0.39, 0.29) is 25.2 Å². The van der Waals surface area contributed by atoms with Gasteiger partial charge in [-0.3, -0.25) is 9.59 Å². The summed E-state index contributed by atoms with van der Waals surface area (Å²) >= 11 is 0. The molecule has 5 heteroatoms. The molecule has 0 aliphatic heterocycles. The lowest BCUT2D eigenvalue weighted by Crippen LogP contribution is -2.30. The summed E-state index contributed by atoms with van der Waals surface area (Å²) in [5, 5.41) is 0. The second kappa shape index (κ2) is 54.2. The van der Waals surface area contributed by atoms with Crippen molar-refractivity contribution in [2.45, 2.75) is 245 Å². The van der Waals surface area contributed by atoms with Gasteiger partial charge in [-0.2, -0.15) is 0 Å². The smallest absolute Gasteiger partial charge is 0.306 e. The summed E-state index contributed by atoms with van der Waals surface area (Å²) in [6, 6.07) is 0. The average molecular weight is 889 g/mol. The van der Waals surface area contributed by atoms with Crippen LogP contribution in [0.25, 0.3) is 0 Å². The van der Waals surface area contributed by atoms with E-state index in [0.717, 1.165) is 116 Å². The molecule has 0 fully saturated rings. The third kappa shape index (κ3) is 51.5. The summed E-state index contributed by atoms with van der Waals surface area (Å²) in [4.78, 5) is 25.4. The van der Waals surface area contributed by atoms with Gasteiger partial charge in [0.25, 0.3) is 0 Å². The molecule has 1 atom stereocenters. The third-order valence-electron chi connectivity index (χ3n) is 11.1. The second-order valence-electron chi connectivity index (χ2n) is 17.4. The SMILES string of the molecule is CC/C=C\C/C=C\C/C=C\C/C=C\CCCCCCC(=O)OCC(COCCCCCCCCCC/C=C\CCCCCCCC)OC(=O)CCCCC/C=C\C/C=C\C/C=C\CC. The minimum atomic E-state index is -0.568. The van der Waals surface area contributed by atoms with E-state index in [4.69, 9.17) is 14.2 Å². The van der Waals surface area contributed by atoms with Gasteiger partial charge < -0.3 is 14.2 Å². The third-order valence-corrected chi connectivity index (χ3v) is 11.1. The van der Waals surface area contributed by atoms with E-state index < -0.39 is 6.10 Å². The zero-order chi connectivity index (χ0) is 46.3. The molecular weight excluding hydrogens is 789 g/mol. The van der Waals surface area contributed by atoms with Crippen LogP contribution in [0.15, 0.2) is 97.2 Å². The Morgan fingerprint density at radius 3 is 1.16 bits per heavy atom. The molecule has 0 radical (unpaired) electrons. The van der Waals surface area contributed by atoms with Crippen molar-refractivity contribution in [2.75, 3.05) is 19.8 Å². The summed E-state index contributed by atoms with van der Waals surface area (Å²) < 4.78 is 17.4. The molecule has 0 amide bonds. The molecule has 5 nitrogen and oxygen atoms in total. The van der Waals surface area contributed by atoms with Crippen LogP contribution in [-0.2, 0) is 23.8 Å². The van der Waals surface area contributed by atoms with E-state index in [1.165, 1.54) is 89.9 Å². The molecule has 366 valence electrons. The average Bonchev–Trinajstić information content (AvgIpc) is 3.30. The van der Waals surface area contributed by atoms with Crippen LogP contribution in [0.2, 0.25) is 0 Å². The number of carbonyl (C=O) groups excluding carboxylic acids is 2. The molecule has 0 heterocycles. The van der Waals surface area contributed by atoms with Gasteiger partial charge in [0.05, 0.1) is 6.61 Å². The number of ether oxygens (including phenoxy) is 3. The van der Waals surface area contributed by atoms with Crippen molar-refractivity contribution >= 4 is 11.9 Å². The number of hydrogen-bond donors (Lipinski definition) is 0. The fourth-order valence-corrected chi connectivity index (χ4v) is 7.16. The van der Waals surface area contributed by atoms with E-state index in [2.05, 4.69) is 118 Å². The van der Waals surface area contributed by atoms with Gasteiger partial charge in [-0.1, -0.05) is 208 Å². The van der Waals surface area contributed by atoms with Crippen LogP contribution in [0.3, 0.4) is 0 Å². The highest BCUT2D eigenvalue weighted by Gasteiger charge is 2.17. The van der Waals surface area contributed by atoms with Crippen LogP contribution in [0.4, 0.5) is 0 Å². The molecule has 0 aliphatic carbocycles. The summed E-state index contributed by atoms with van der Waals surface area (Å²) in [6.45, 7) is 7.54. The van der Waals surface area contributed by atoms with Gasteiger partial charge in [-0.15, -0.1) is 0 Å². The molecule has 0 N–H and O–H groups in total. The highest BCUT2D eigenvalue weighted by molar-refractivity contribution is 5.70. The Hall–Kier alpha value is -3.18. The van der Waals surface area contributed by atoms with Gasteiger partial charge in [0, 0.05) is 19.4 Å². The van der Waals surface area contributed by atoms with Crippen molar-refractivity contribution in [3.63, 3.8) is 0 Å². The Bertz CT molecular complexity index is 1230. The fraction of sp³-hybridized carbons (Fsp3) is 0.695. The number of carbonyl (C=O) groups is 2. The van der Waals surface area contributed by atoms with Crippen LogP contribution in [0.1, 0.15) is 239 Å². The van der Waals surface area contributed by atoms with Crippen molar-refractivity contribution in [2.24, 2.45) is 0 Å². The molecule has 0 aromatic carbocycles. The quantitative estimate of drug-likeness (QED) is 0.0346. The topological polar surface area (TPSA) is 61.8 Å². The summed E-state index contributed by atoms with van der Waals surface area (Å²) in [5.41, 5.74) is 0. The molecule has 0 rings (SSSR count). The number of esters is 2. The van der Waals surface area contributed by atoms with Crippen LogP contribution in [-0.4, -0.2) is 37.9 Å². The molecular formula is C59H100O5. The largest absolute Gasteiger partial charge is 0.462 e. The van der Waals surface area contributed by atoms with Crippen LogP contribution >= 0.6 is 0 Å². The molecule has 64 heavy (non-hydrogen) atoms. The second-order valence-corrected chi connectivity index (χ2v) is 17.4. The molecule has 0 saturated carbocycles. The lowest BCUT2D eigenvalue weighted by atomic mass is 10.1. The lowest BCUT2D eigenvalue weighted by Gasteiger charge is -2.18. The van der Waals surface area contributed by atoms with E-state index in [0.29, 0.717) is 19.4 Å². The maximum absolute atomic E-state index is 12.8. The fourth-order valence-electron chi connectivity index (χ4n) is 7.16. The van der Waals surface area contributed by atoms with Gasteiger partial charge in [0.15, 0.2) is 6.10 Å². The monoisotopic (exact) mass is 889 g/mol. The van der Waals surface area contributed by atoms with Gasteiger partial charge in [0.2, 0.25) is 0 Å². The number of rotatable bonds is 48. The molecule has 0 spiro atoms. The van der Waals surface area contributed by atoms with Gasteiger partial charge in [-0.05, 0) is 116 Å². The van der Waals surface area contributed by atoms with Crippen molar-refractivity contribution in [1.82, 2.24) is 0 Å². The van der Waals surface area contributed by atoms with Crippen molar-refractivity contribution < 1.29 is 23.8 Å².